The van der Waals surface area contributed by atoms with Crippen LogP contribution in [-0.2, 0) is 6.54 Å². The number of rotatable bonds is 5. The van der Waals surface area contributed by atoms with Crippen LogP contribution < -0.4 is 0 Å². The molecule has 5 nitrogen and oxygen atoms in total. The molecule has 0 bridgehead atoms. The van der Waals surface area contributed by atoms with Gasteiger partial charge in [-0.05, 0) is 30.3 Å². The molecule has 1 aromatic carbocycles. The first-order valence-electron chi connectivity index (χ1n) is 7.15. The predicted octanol–water partition coefficient (Wildman–Crippen LogP) is 2.52. The Bertz CT molecular complexity index is 865. The van der Waals surface area contributed by atoms with E-state index >= 15 is 0 Å². The first kappa shape index (κ1) is 15.9. The molecule has 1 atom stereocenters. The summed E-state index contributed by atoms with van der Waals surface area (Å²) in [5, 5.41) is 10.2. The SMILES string of the molecule is O=C(c1cccnc1)c1nccn1C[C@@H](O)c1cc(F)ccc1F. The van der Waals surface area contributed by atoms with E-state index in [4.69, 9.17) is 0 Å². The van der Waals surface area contributed by atoms with Gasteiger partial charge in [0.2, 0.25) is 5.78 Å². The van der Waals surface area contributed by atoms with Crippen molar-refractivity contribution in [1.29, 1.82) is 0 Å². The number of halogens is 2. The van der Waals surface area contributed by atoms with Gasteiger partial charge in [0, 0.05) is 35.9 Å². The molecule has 2 aromatic heterocycles. The molecule has 1 N–H and O–H groups in total. The van der Waals surface area contributed by atoms with Crippen molar-refractivity contribution in [2.45, 2.75) is 12.6 Å². The summed E-state index contributed by atoms with van der Waals surface area (Å²) < 4.78 is 28.4. The van der Waals surface area contributed by atoms with Crippen LogP contribution in [-0.4, -0.2) is 25.4 Å². The normalized spacial score (nSPS) is 12.1. The van der Waals surface area contributed by atoms with Crippen molar-refractivity contribution in [1.82, 2.24) is 14.5 Å². The number of ketones is 1. The topological polar surface area (TPSA) is 68.0 Å². The van der Waals surface area contributed by atoms with Crippen LogP contribution >= 0.6 is 0 Å². The maximum absolute atomic E-state index is 13.7. The standard InChI is InChI=1S/C17H13F2N3O2/c18-12-3-4-14(19)13(8-12)15(23)10-22-7-6-21-17(22)16(24)11-2-1-5-20-9-11/h1-9,15,23H,10H2/t15-/m1/s1. The molecule has 0 aliphatic rings. The summed E-state index contributed by atoms with van der Waals surface area (Å²) in [6, 6.07) is 6.07. The minimum absolute atomic E-state index is 0.0823. The summed E-state index contributed by atoms with van der Waals surface area (Å²) in [4.78, 5) is 20.3. The van der Waals surface area contributed by atoms with Crippen LogP contribution in [0.5, 0.6) is 0 Å². The predicted molar refractivity (Wildman–Crippen MR) is 81.2 cm³/mol. The Morgan fingerprint density at radius 1 is 1.25 bits per heavy atom. The highest BCUT2D eigenvalue weighted by Crippen LogP contribution is 2.21. The minimum Gasteiger partial charge on any atom is -0.386 e. The molecule has 7 heteroatoms. The van der Waals surface area contributed by atoms with Crippen LogP contribution in [0, 0.1) is 11.6 Å². The summed E-state index contributed by atoms with van der Waals surface area (Å²) >= 11 is 0. The van der Waals surface area contributed by atoms with Gasteiger partial charge in [0.15, 0.2) is 5.82 Å². The Labute approximate surface area is 136 Å². The van der Waals surface area contributed by atoms with Crippen LogP contribution in [0.4, 0.5) is 8.78 Å². The van der Waals surface area contributed by atoms with Gasteiger partial charge in [0.05, 0.1) is 12.6 Å². The van der Waals surface area contributed by atoms with E-state index in [9.17, 15) is 18.7 Å². The lowest BCUT2D eigenvalue weighted by Gasteiger charge is -2.14. The number of imidazole rings is 1. The Morgan fingerprint density at radius 3 is 2.83 bits per heavy atom. The molecule has 0 fully saturated rings. The zero-order valence-electron chi connectivity index (χ0n) is 12.4. The van der Waals surface area contributed by atoms with Gasteiger partial charge in [0.25, 0.3) is 0 Å². The smallest absolute Gasteiger partial charge is 0.229 e. The van der Waals surface area contributed by atoms with E-state index < -0.39 is 17.7 Å². The second-order valence-corrected chi connectivity index (χ2v) is 5.16. The van der Waals surface area contributed by atoms with Crippen LogP contribution in [0.15, 0.2) is 55.1 Å². The molecule has 0 aliphatic heterocycles. The van der Waals surface area contributed by atoms with Crippen molar-refractivity contribution >= 4 is 5.78 Å². The van der Waals surface area contributed by atoms with Gasteiger partial charge >= 0.3 is 0 Å². The molecule has 2 heterocycles. The average molecular weight is 329 g/mol. The number of hydrogen-bond acceptors (Lipinski definition) is 4. The fourth-order valence-corrected chi connectivity index (χ4v) is 2.35. The first-order chi connectivity index (χ1) is 11.6. The molecule has 3 aromatic rings. The third-order valence-electron chi connectivity index (χ3n) is 3.53. The summed E-state index contributed by atoms with van der Waals surface area (Å²) in [6.45, 7) is -0.137. The quantitative estimate of drug-likeness (QED) is 0.731. The summed E-state index contributed by atoms with van der Waals surface area (Å²) in [5.41, 5.74) is 0.167. The Morgan fingerprint density at radius 2 is 2.08 bits per heavy atom. The molecular weight excluding hydrogens is 316 g/mol. The van der Waals surface area contributed by atoms with E-state index in [2.05, 4.69) is 9.97 Å². The van der Waals surface area contributed by atoms with E-state index in [1.165, 1.54) is 23.2 Å². The molecule has 0 spiro atoms. The Balaban J connectivity index is 1.86. The number of hydrogen-bond donors (Lipinski definition) is 1. The first-order valence-corrected chi connectivity index (χ1v) is 7.15. The molecule has 3 rings (SSSR count). The second kappa shape index (κ2) is 6.67. The van der Waals surface area contributed by atoms with Crippen LogP contribution in [0.3, 0.4) is 0 Å². The van der Waals surface area contributed by atoms with Crippen LogP contribution in [0.1, 0.15) is 27.8 Å². The number of nitrogens with zero attached hydrogens (tertiary/aromatic N) is 3. The van der Waals surface area contributed by atoms with Crippen molar-refractivity contribution in [2.24, 2.45) is 0 Å². The Kier molecular flexibility index (Phi) is 4.43. The van der Waals surface area contributed by atoms with E-state index in [0.717, 1.165) is 18.2 Å². The lowest BCUT2D eigenvalue weighted by Crippen LogP contribution is -2.16. The van der Waals surface area contributed by atoms with Gasteiger partial charge in [-0.2, -0.15) is 0 Å². The van der Waals surface area contributed by atoms with Gasteiger partial charge in [-0.15, -0.1) is 0 Å². The van der Waals surface area contributed by atoms with Crippen molar-refractivity contribution in [2.75, 3.05) is 0 Å². The van der Waals surface area contributed by atoms with E-state index in [-0.39, 0.29) is 23.7 Å². The van der Waals surface area contributed by atoms with Crippen LogP contribution in [0.2, 0.25) is 0 Å². The van der Waals surface area contributed by atoms with E-state index in [1.54, 1.807) is 18.3 Å². The number of benzene rings is 1. The van der Waals surface area contributed by atoms with Gasteiger partial charge in [-0.3, -0.25) is 9.78 Å². The number of carbonyl (C=O) groups excluding carboxylic acids is 1. The molecule has 0 unspecified atom stereocenters. The molecule has 0 saturated heterocycles. The van der Waals surface area contributed by atoms with Gasteiger partial charge in [-0.1, -0.05) is 0 Å². The molecule has 0 radical (unpaired) electrons. The number of aliphatic hydroxyl groups is 1. The van der Waals surface area contributed by atoms with E-state index in [1.807, 2.05) is 0 Å². The molecule has 0 saturated carbocycles. The van der Waals surface area contributed by atoms with Crippen molar-refractivity contribution in [3.05, 3.63) is 83.7 Å². The van der Waals surface area contributed by atoms with Crippen molar-refractivity contribution < 1.29 is 18.7 Å². The minimum atomic E-state index is -1.32. The zero-order chi connectivity index (χ0) is 17.1. The fraction of sp³-hybridized carbons (Fsp3) is 0.118. The lowest BCUT2D eigenvalue weighted by molar-refractivity contribution is 0.101. The van der Waals surface area contributed by atoms with Crippen molar-refractivity contribution in [3.8, 4) is 0 Å². The summed E-state index contributed by atoms with van der Waals surface area (Å²) in [5.74, 6) is -1.66. The lowest BCUT2D eigenvalue weighted by atomic mass is 10.1. The monoisotopic (exact) mass is 329 g/mol. The third-order valence-corrected chi connectivity index (χ3v) is 3.53. The van der Waals surface area contributed by atoms with Gasteiger partial charge in [-0.25, -0.2) is 13.8 Å². The van der Waals surface area contributed by atoms with Crippen molar-refractivity contribution in [3.63, 3.8) is 0 Å². The molecular formula is C17H13F2N3O2. The maximum Gasteiger partial charge on any atom is 0.229 e. The number of carbonyl (C=O) groups is 1. The van der Waals surface area contributed by atoms with Crippen LogP contribution in [0.25, 0.3) is 0 Å². The highest BCUT2D eigenvalue weighted by Gasteiger charge is 2.20. The van der Waals surface area contributed by atoms with E-state index in [0.29, 0.717) is 5.56 Å². The summed E-state index contributed by atoms with van der Waals surface area (Å²) in [7, 11) is 0. The molecule has 0 aliphatic carbocycles. The maximum atomic E-state index is 13.7. The third kappa shape index (κ3) is 3.21. The average Bonchev–Trinajstić information content (AvgIpc) is 3.05. The number of aromatic nitrogens is 3. The highest BCUT2D eigenvalue weighted by atomic mass is 19.1. The fourth-order valence-electron chi connectivity index (χ4n) is 2.35. The Hall–Kier alpha value is -2.93. The zero-order valence-corrected chi connectivity index (χ0v) is 12.4. The molecule has 0 amide bonds. The number of aliphatic hydroxyl groups excluding tert-OH is 1. The molecule has 122 valence electrons. The highest BCUT2D eigenvalue weighted by molar-refractivity contribution is 6.06. The second-order valence-electron chi connectivity index (χ2n) is 5.16. The van der Waals surface area contributed by atoms with Gasteiger partial charge in [0.1, 0.15) is 11.6 Å². The van der Waals surface area contributed by atoms with Gasteiger partial charge < -0.3 is 9.67 Å². The molecule has 24 heavy (non-hydrogen) atoms. The largest absolute Gasteiger partial charge is 0.386 e. The number of pyridine rings is 1. The summed E-state index contributed by atoms with van der Waals surface area (Å²) in [6.07, 6.45) is 4.52.